The van der Waals surface area contributed by atoms with Gasteiger partial charge in [0.25, 0.3) is 0 Å². The van der Waals surface area contributed by atoms with Crippen LogP contribution in [0.4, 0.5) is 0 Å². The highest BCUT2D eigenvalue weighted by Gasteiger charge is 2.46. The fourth-order valence-corrected chi connectivity index (χ4v) is 3.97. The van der Waals surface area contributed by atoms with E-state index in [1.165, 1.54) is 36.8 Å². The van der Waals surface area contributed by atoms with Crippen molar-refractivity contribution in [3.8, 4) is 0 Å². The van der Waals surface area contributed by atoms with Crippen molar-refractivity contribution in [1.82, 2.24) is 0 Å². The Hall–Kier alpha value is -1.08. The van der Waals surface area contributed by atoms with Crippen LogP contribution in [0.15, 0.2) is 30.3 Å². The molecule has 2 aliphatic carbocycles. The van der Waals surface area contributed by atoms with Crippen LogP contribution in [-0.2, 0) is 4.74 Å². The van der Waals surface area contributed by atoms with Gasteiger partial charge in [0.2, 0.25) is 0 Å². The van der Waals surface area contributed by atoms with Gasteiger partial charge in [-0.15, -0.1) is 0 Å². The zero-order valence-electron chi connectivity index (χ0n) is 10.0. The smallest absolute Gasteiger partial charge is 0.0835 e. The van der Waals surface area contributed by atoms with E-state index in [-0.39, 0.29) is 0 Å². The van der Waals surface area contributed by atoms with E-state index in [2.05, 4.69) is 36.4 Å². The van der Waals surface area contributed by atoms with Crippen molar-refractivity contribution in [2.24, 2.45) is 5.92 Å². The van der Waals surface area contributed by atoms with Crippen molar-refractivity contribution in [1.29, 1.82) is 0 Å². The van der Waals surface area contributed by atoms with Crippen molar-refractivity contribution in [3.05, 3.63) is 41.5 Å². The lowest BCUT2D eigenvalue weighted by Crippen LogP contribution is -2.24. The molecule has 4 atom stereocenters. The first-order chi connectivity index (χ1) is 8.43. The van der Waals surface area contributed by atoms with Crippen LogP contribution in [0.2, 0.25) is 0 Å². The Morgan fingerprint density at radius 1 is 1.06 bits per heavy atom. The molecule has 0 unspecified atom stereocenters. The number of ether oxygens (including phenoxy) is 1. The molecule has 0 bridgehead atoms. The summed E-state index contributed by atoms with van der Waals surface area (Å²) in [6, 6.07) is 8.85. The van der Waals surface area contributed by atoms with Crippen LogP contribution in [0, 0.1) is 5.92 Å². The van der Waals surface area contributed by atoms with Crippen molar-refractivity contribution in [2.45, 2.75) is 43.8 Å². The largest absolute Gasteiger partial charge is 0.370 e. The molecule has 0 aromatic heterocycles. The zero-order chi connectivity index (χ0) is 11.2. The first-order valence-electron chi connectivity index (χ1n) is 6.86. The number of hydrogen-bond donors (Lipinski definition) is 0. The van der Waals surface area contributed by atoms with E-state index < -0.39 is 0 Å². The third-order valence-corrected chi connectivity index (χ3v) is 4.72. The Kier molecular flexibility index (Phi) is 2.16. The lowest BCUT2D eigenvalue weighted by molar-refractivity contribution is 0.0381. The minimum Gasteiger partial charge on any atom is -0.370 e. The number of fused-ring (bicyclic) bond motifs is 5. The van der Waals surface area contributed by atoms with Crippen LogP contribution < -0.4 is 0 Å². The second-order valence-corrected chi connectivity index (χ2v) is 5.60. The fraction of sp³-hybridized carbons (Fsp3) is 0.500. The standard InChI is InChI=1S/C16H18O/c1-2-6-12-11(5-1)9-10-15-16(12)13-7-3-4-8-14(13)17-15/h1-2,5-6,9-10,13-16H,3-4,7-8H2/t13-,14+,15-,16-/m1/s1. The summed E-state index contributed by atoms with van der Waals surface area (Å²) in [6.45, 7) is 0. The maximum atomic E-state index is 6.24. The molecule has 1 saturated heterocycles. The Morgan fingerprint density at radius 2 is 1.94 bits per heavy atom. The Labute approximate surface area is 102 Å². The Morgan fingerprint density at radius 3 is 2.94 bits per heavy atom. The molecule has 0 radical (unpaired) electrons. The molecule has 1 nitrogen and oxygen atoms in total. The molecular weight excluding hydrogens is 208 g/mol. The maximum absolute atomic E-state index is 6.24. The van der Waals surface area contributed by atoms with E-state index >= 15 is 0 Å². The summed E-state index contributed by atoms with van der Waals surface area (Å²) >= 11 is 0. The second kappa shape index (κ2) is 3.71. The van der Waals surface area contributed by atoms with Crippen LogP contribution in [0.5, 0.6) is 0 Å². The van der Waals surface area contributed by atoms with Gasteiger partial charge in [-0.1, -0.05) is 49.3 Å². The molecule has 1 aliphatic heterocycles. The average Bonchev–Trinajstić information content (AvgIpc) is 2.77. The van der Waals surface area contributed by atoms with Gasteiger partial charge in [-0.25, -0.2) is 0 Å². The summed E-state index contributed by atoms with van der Waals surface area (Å²) in [7, 11) is 0. The van der Waals surface area contributed by atoms with Crippen LogP contribution in [0.1, 0.15) is 42.7 Å². The lowest BCUT2D eigenvalue weighted by atomic mass is 9.72. The topological polar surface area (TPSA) is 9.23 Å². The molecule has 3 aliphatic rings. The van der Waals surface area contributed by atoms with Crippen molar-refractivity contribution >= 4 is 6.08 Å². The highest BCUT2D eigenvalue weighted by molar-refractivity contribution is 5.59. The quantitative estimate of drug-likeness (QED) is 0.654. The van der Waals surface area contributed by atoms with Gasteiger partial charge in [0.15, 0.2) is 0 Å². The molecule has 88 valence electrons. The molecule has 1 heteroatoms. The van der Waals surface area contributed by atoms with E-state index in [1.807, 2.05) is 0 Å². The van der Waals surface area contributed by atoms with Crippen molar-refractivity contribution in [3.63, 3.8) is 0 Å². The third kappa shape index (κ3) is 1.42. The normalized spacial score (nSPS) is 38.4. The van der Waals surface area contributed by atoms with E-state index in [0.29, 0.717) is 18.1 Å². The summed E-state index contributed by atoms with van der Waals surface area (Å²) in [5.41, 5.74) is 2.93. The maximum Gasteiger partial charge on any atom is 0.0835 e. The van der Waals surface area contributed by atoms with Gasteiger partial charge in [0.05, 0.1) is 12.2 Å². The van der Waals surface area contributed by atoms with Gasteiger partial charge in [0.1, 0.15) is 0 Å². The number of rotatable bonds is 0. The average molecular weight is 226 g/mol. The van der Waals surface area contributed by atoms with Crippen molar-refractivity contribution in [2.75, 3.05) is 0 Å². The zero-order valence-corrected chi connectivity index (χ0v) is 10.0. The van der Waals surface area contributed by atoms with Gasteiger partial charge < -0.3 is 4.74 Å². The molecule has 1 saturated carbocycles. The van der Waals surface area contributed by atoms with Crippen molar-refractivity contribution < 1.29 is 4.74 Å². The highest BCUT2D eigenvalue weighted by atomic mass is 16.5. The molecule has 0 N–H and O–H groups in total. The van der Waals surface area contributed by atoms with E-state index in [0.717, 1.165) is 5.92 Å². The minimum absolute atomic E-state index is 0.345. The van der Waals surface area contributed by atoms with Crippen LogP contribution in [0.25, 0.3) is 6.08 Å². The Bertz CT molecular complexity index is 462. The first-order valence-corrected chi connectivity index (χ1v) is 6.86. The monoisotopic (exact) mass is 226 g/mol. The summed E-state index contributed by atoms with van der Waals surface area (Å²) in [5, 5.41) is 0. The first kappa shape index (κ1) is 9.90. The van der Waals surface area contributed by atoms with Gasteiger partial charge in [-0.2, -0.15) is 0 Å². The van der Waals surface area contributed by atoms with Gasteiger partial charge in [0, 0.05) is 5.92 Å². The van der Waals surface area contributed by atoms with Gasteiger partial charge in [-0.3, -0.25) is 0 Å². The number of hydrogen-bond acceptors (Lipinski definition) is 1. The van der Waals surface area contributed by atoms with Crippen LogP contribution in [-0.4, -0.2) is 12.2 Å². The fourth-order valence-electron chi connectivity index (χ4n) is 3.97. The van der Waals surface area contributed by atoms with Crippen LogP contribution in [0.3, 0.4) is 0 Å². The predicted molar refractivity (Wildman–Crippen MR) is 68.8 cm³/mol. The van der Waals surface area contributed by atoms with Gasteiger partial charge in [-0.05, 0) is 29.9 Å². The lowest BCUT2D eigenvalue weighted by Gasteiger charge is -2.29. The molecule has 17 heavy (non-hydrogen) atoms. The summed E-state index contributed by atoms with van der Waals surface area (Å²) < 4.78 is 6.24. The highest BCUT2D eigenvalue weighted by Crippen LogP contribution is 2.49. The second-order valence-electron chi connectivity index (χ2n) is 5.60. The predicted octanol–water partition coefficient (Wildman–Crippen LogP) is 3.75. The molecule has 4 rings (SSSR count). The molecule has 1 aromatic carbocycles. The summed E-state index contributed by atoms with van der Waals surface area (Å²) in [4.78, 5) is 0. The Balaban J connectivity index is 1.78. The molecule has 2 fully saturated rings. The molecule has 0 spiro atoms. The van der Waals surface area contributed by atoms with Crippen LogP contribution >= 0.6 is 0 Å². The summed E-state index contributed by atoms with van der Waals surface area (Å²) in [6.07, 6.45) is 10.8. The van der Waals surface area contributed by atoms with Gasteiger partial charge >= 0.3 is 0 Å². The number of benzene rings is 1. The van der Waals surface area contributed by atoms with E-state index in [1.54, 1.807) is 0 Å². The molecule has 1 heterocycles. The molecule has 0 amide bonds. The third-order valence-electron chi connectivity index (χ3n) is 4.72. The minimum atomic E-state index is 0.345. The molecule has 1 aromatic rings. The van der Waals surface area contributed by atoms with E-state index in [9.17, 15) is 0 Å². The van der Waals surface area contributed by atoms with E-state index in [4.69, 9.17) is 4.74 Å². The molecular formula is C16H18O. The SMILES string of the molecule is C1=C[C@H]2O[C@H]3CCCC[C@H]3[C@H]2c2ccccc21. The summed E-state index contributed by atoms with van der Waals surface area (Å²) in [5.74, 6) is 1.39.